The Morgan fingerprint density at radius 1 is 1.15 bits per heavy atom. The first-order valence-electron chi connectivity index (χ1n) is 8.74. The quantitative estimate of drug-likeness (QED) is 0.583. The molecule has 27 heavy (non-hydrogen) atoms. The fraction of sp³-hybridized carbons (Fsp3) is 0.263. The van der Waals surface area contributed by atoms with Crippen LogP contribution >= 0.6 is 11.3 Å². The Morgan fingerprint density at radius 3 is 2.67 bits per heavy atom. The van der Waals surface area contributed by atoms with Gasteiger partial charge in [0, 0.05) is 18.8 Å². The van der Waals surface area contributed by atoms with E-state index in [2.05, 4.69) is 41.5 Å². The van der Waals surface area contributed by atoms with Crippen molar-refractivity contribution in [2.24, 2.45) is 0 Å². The Kier molecular flexibility index (Phi) is 4.27. The summed E-state index contributed by atoms with van der Waals surface area (Å²) in [5.74, 6) is 0.312. The van der Waals surface area contributed by atoms with Crippen LogP contribution in [0.15, 0.2) is 30.5 Å². The number of nitrogens with zero attached hydrogens (tertiary/aromatic N) is 5. The summed E-state index contributed by atoms with van der Waals surface area (Å²) in [5.41, 5.74) is 4.55. The molecule has 4 aromatic rings. The van der Waals surface area contributed by atoms with Gasteiger partial charge in [-0.1, -0.05) is 11.3 Å². The number of carbonyl (C=O) groups is 1. The summed E-state index contributed by atoms with van der Waals surface area (Å²) in [6.07, 6.45) is 1.79. The fourth-order valence-electron chi connectivity index (χ4n) is 2.83. The van der Waals surface area contributed by atoms with Crippen LogP contribution in [0.4, 0.5) is 5.82 Å². The number of carbonyl (C=O) groups excluding carboxylic acids is 1. The second-order valence-corrected chi connectivity index (χ2v) is 7.50. The highest BCUT2D eigenvalue weighted by Crippen LogP contribution is 2.29. The number of aromatic nitrogens is 5. The van der Waals surface area contributed by atoms with Crippen molar-refractivity contribution in [3.8, 4) is 5.13 Å². The number of thiazole rings is 1. The van der Waals surface area contributed by atoms with Gasteiger partial charge in [-0.05, 0) is 57.0 Å². The summed E-state index contributed by atoms with van der Waals surface area (Å²) in [6, 6.07) is 7.75. The van der Waals surface area contributed by atoms with Gasteiger partial charge >= 0.3 is 0 Å². The summed E-state index contributed by atoms with van der Waals surface area (Å²) < 4.78 is 4.50. The number of hydrogen-bond acceptors (Lipinski definition) is 5. The fourth-order valence-corrected chi connectivity index (χ4v) is 3.84. The SMILES string of the molecule is CCn1ccc(C(=O)Nc2cc(C)nn2-c2nc3cc(C)c(C)cc3s2)n1. The molecule has 0 atom stereocenters. The molecule has 0 aliphatic heterocycles. The lowest BCUT2D eigenvalue weighted by Crippen LogP contribution is -2.16. The van der Waals surface area contributed by atoms with Gasteiger partial charge in [-0.2, -0.15) is 14.9 Å². The summed E-state index contributed by atoms with van der Waals surface area (Å²) in [5, 5.41) is 12.4. The van der Waals surface area contributed by atoms with Crippen molar-refractivity contribution in [2.75, 3.05) is 5.32 Å². The van der Waals surface area contributed by atoms with Crippen LogP contribution < -0.4 is 5.32 Å². The molecule has 3 aromatic heterocycles. The van der Waals surface area contributed by atoms with Crippen molar-refractivity contribution in [1.82, 2.24) is 24.5 Å². The number of nitrogens with one attached hydrogen (secondary N) is 1. The number of anilines is 1. The van der Waals surface area contributed by atoms with E-state index < -0.39 is 0 Å². The number of amides is 1. The van der Waals surface area contributed by atoms with E-state index in [-0.39, 0.29) is 5.91 Å². The molecule has 1 amide bonds. The maximum absolute atomic E-state index is 12.6. The third-order valence-electron chi connectivity index (χ3n) is 4.44. The maximum Gasteiger partial charge on any atom is 0.277 e. The second kappa shape index (κ2) is 6.62. The highest BCUT2D eigenvalue weighted by molar-refractivity contribution is 7.20. The van der Waals surface area contributed by atoms with E-state index in [9.17, 15) is 4.79 Å². The van der Waals surface area contributed by atoms with Gasteiger partial charge < -0.3 is 5.32 Å². The Hall–Kier alpha value is -3.00. The summed E-state index contributed by atoms with van der Waals surface area (Å²) in [4.78, 5) is 17.3. The monoisotopic (exact) mass is 380 g/mol. The summed E-state index contributed by atoms with van der Waals surface area (Å²) in [7, 11) is 0. The lowest BCUT2D eigenvalue weighted by Gasteiger charge is -2.04. The molecule has 0 radical (unpaired) electrons. The molecule has 0 spiro atoms. The van der Waals surface area contributed by atoms with Crippen LogP contribution in [-0.4, -0.2) is 30.5 Å². The Bertz CT molecular complexity index is 1110. The Balaban J connectivity index is 1.69. The van der Waals surface area contributed by atoms with Crippen molar-refractivity contribution in [3.05, 3.63) is 53.0 Å². The summed E-state index contributed by atoms with van der Waals surface area (Å²) in [6.45, 7) is 8.75. The number of benzene rings is 1. The number of fused-ring (bicyclic) bond motifs is 1. The summed E-state index contributed by atoms with van der Waals surface area (Å²) >= 11 is 1.55. The average Bonchev–Trinajstić information content (AvgIpc) is 3.33. The number of rotatable bonds is 4. The second-order valence-electron chi connectivity index (χ2n) is 6.49. The third-order valence-corrected chi connectivity index (χ3v) is 5.44. The van der Waals surface area contributed by atoms with Crippen LogP contribution in [0.1, 0.15) is 34.2 Å². The molecule has 138 valence electrons. The van der Waals surface area contributed by atoms with Crippen molar-refractivity contribution in [3.63, 3.8) is 0 Å². The molecule has 0 aliphatic rings. The highest BCUT2D eigenvalue weighted by atomic mass is 32.1. The van der Waals surface area contributed by atoms with Gasteiger partial charge in [0.15, 0.2) is 5.69 Å². The van der Waals surface area contributed by atoms with Gasteiger partial charge in [0.2, 0.25) is 5.13 Å². The normalized spacial score (nSPS) is 11.3. The number of aryl methyl sites for hydroxylation is 4. The van der Waals surface area contributed by atoms with E-state index in [0.717, 1.165) is 27.6 Å². The molecule has 0 aliphatic carbocycles. The van der Waals surface area contributed by atoms with E-state index in [4.69, 9.17) is 4.98 Å². The molecule has 1 N–H and O–H groups in total. The zero-order chi connectivity index (χ0) is 19.1. The topological polar surface area (TPSA) is 77.6 Å². The largest absolute Gasteiger partial charge is 0.305 e. The van der Waals surface area contributed by atoms with E-state index in [0.29, 0.717) is 11.5 Å². The Labute approximate surface area is 160 Å². The molecule has 0 saturated heterocycles. The van der Waals surface area contributed by atoms with Gasteiger partial charge in [-0.25, -0.2) is 4.98 Å². The van der Waals surface area contributed by atoms with Crippen LogP contribution in [0.5, 0.6) is 0 Å². The molecule has 8 heteroatoms. The van der Waals surface area contributed by atoms with Gasteiger partial charge in [0.05, 0.1) is 15.9 Å². The van der Waals surface area contributed by atoms with Crippen LogP contribution in [0.2, 0.25) is 0 Å². The minimum absolute atomic E-state index is 0.267. The third kappa shape index (κ3) is 3.23. The minimum atomic E-state index is -0.267. The average molecular weight is 380 g/mol. The first-order valence-corrected chi connectivity index (χ1v) is 9.56. The maximum atomic E-state index is 12.6. The van der Waals surface area contributed by atoms with Gasteiger partial charge in [-0.15, -0.1) is 0 Å². The predicted molar refractivity (Wildman–Crippen MR) is 107 cm³/mol. The van der Waals surface area contributed by atoms with E-state index >= 15 is 0 Å². The predicted octanol–water partition coefficient (Wildman–Crippen LogP) is 3.88. The first-order chi connectivity index (χ1) is 12.9. The lowest BCUT2D eigenvalue weighted by molar-refractivity contribution is 0.102. The van der Waals surface area contributed by atoms with Gasteiger partial charge in [0.25, 0.3) is 5.91 Å². The molecule has 0 saturated carbocycles. The van der Waals surface area contributed by atoms with Crippen LogP contribution in [0.25, 0.3) is 15.3 Å². The van der Waals surface area contributed by atoms with E-state index in [1.54, 1.807) is 33.0 Å². The zero-order valence-electron chi connectivity index (χ0n) is 15.6. The van der Waals surface area contributed by atoms with Crippen LogP contribution in [0.3, 0.4) is 0 Å². The molecular formula is C19H20N6OS. The van der Waals surface area contributed by atoms with Crippen molar-refractivity contribution in [2.45, 2.75) is 34.2 Å². The molecule has 7 nitrogen and oxygen atoms in total. The number of hydrogen-bond donors (Lipinski definition) is 1. The smallest absolute Gasteiger partial charge is 0.277 e. The lowest BCUT2D eigenvalue weighted by atomic mass is 10.1. The van der Waals surface area contributed by atoms with Crippen LogP contribution in [0, 0.1) is 20.8 Å². The molecular weight excluding hydrogens is 360 g/mol. The van der Waals surface area contributed by atoms with Crippen LogP contribution in [-0.2, 0) is 6.54 Å². The van der Waals surface area contributed by atoms with E-state index in [1.807, 2.05) is 19.9 Å². The molecule has 0 fully saturated rings. The van der Waals surface area contributed by atoms with Crippen molar-refractivity contribution in [1.29, 1.82) is 0 Å². The molecule has 4 rings (SSSR count). The Morgan fingerprint density at radius 2 is 1.93 bits per heavy atom. The van der Waals surface area contributed by atoms with Gasteiger partial charge in [-0.3, -0.25) is 9.48 Å². The molecule has 1 aromatic carbocycles. The van der Waals surface area contributed by atoms with Gasteiger partial charge in [0.1, 0.15) is 5.82 Å². The minimum Gasteiger partial charge on any atom is -0.305 e. The molecule has 3 heterocycles. The zero-order valence-corrected chi connectivity index (χ0v) is 16.5. The molecule has 0 unspecified atom stereocenters. The first kappa shape index (κ1) is 17.4. The van der Waals surface area contributed by atoms with Crippen molar-refractivity contribution >= 4 is 33.3 Å². The highest BCUT2D eigenvalue weighted by Gasteiger charge is 2.17. The van der Waals surface area contributed by atoms with E-state index in [1.165, 1.54) is 11.1 Å². The standard InChI is InChI=1S/C19H20N6OS/c1-5-24-7-6-14(23-24)18(26)21-17-10-13(4)22-25(17)19-20-15-8-11(2)12(3)9-16(15)27-19/h6-10H,5H2,1-4H3,(H,21,26). The van der Waals surface area contributed by atoms with Crippen molar-refractivity contribution < 1.29 is 4.79 Å². The molecule has 0 bridgehead atoms.